The van der Waals surface area contributed by atoms with Gasteiger partial charge in [-0.3, -0.25) is 10.1 Å². The van der Waals surface area contributed by atoms with E-state index in [1.54, 1.807) is 18.2 Å². The molecule has 0 aliphatic rings. The number of nitro benzene ring substituents is 1. The molecule has 6 nitrogen and oxygen atoms in total. The Morgan fingerprint density at radius 3 is 2.35 bits per heavy atom. The van der Waals surface area contributed by atoms with E-state index in [1.165, 1.54) is 24.3 Å². The van der Waals surface area contributed by atoms with Crippen molar-refractivity contribution in [2.45, 2.75) is 9.79 Å². The molecule has 0 aliphatic carbocycles. The van der Waals surface area contributed by atoms with Gasteiger partial charge in [0.2, 0.25) is 0 Å². The number of hydrogen-bond acceptors (Lipinski definition) is 6. The van der Waals surface area contributed by atoms with Crippen molar-refractivity contribution < 1.29 is 17.5 Å². The molecule has 8 heteroatoms. The molecule has 0 heterocycles. The topological polar surface area (TPSA) is 86.5 Å². The molecule has 0 radical (unpaired) electrons. The molecule has 0 saturated carbocycles. The Morgan fingerprint density at radius 2 is 1.75 bits per heavy atom. The van der Waals surface area contributed by atoms with Crippen molar-refractivity contribution in [1.82, 2.24) is 0 Å². The molecule has 0 saturated heterocycles. The number of nitro groups is 1. The SMILES string of the molecule is O=[N+]([O-])c1cc(S(=O)(=O)Oc2ccccc2)ccc1S. The summed E-state index contributed by atoms with van der Waals surface area (Å²) >= 11 is 3.90. The lowest BCUT2D eigenvalue weighted by molar-refractivity contribution is -0.387. The summed E-state index contributed by atoms with van der Waals surface area (Å²) in [7, 11) is -4.12. The summed E-state index contributed by atoms with van der Waals surface area (Å²) in [6.45, 7) is 0. The summed E-state index contributed by atoms with van der Waals surface area (Å²) in [4.78, 5) is 9.85. The van der Waals surface area contributed by atoms with E-state index in [9.17, 15) is 18.5 Å². The molecule has 2 aromatic carbocycles. The van der Waals surface area contributed by atoms with Gasteiger partial charge in [-0.25, -0.2) is 0 Å². The van der Waals surface area contributed by atoms with Crippen molar-refractivity contribution in [2.75, 3.05) is 0 Å². The fraction of sp³-hybridized carbons (Fsp3) is 0. The largest absolute Gasteiger partial charge is 0.379 e. The summed E-state index contributed by atoms with van der Waals surface area (Å²) in [5, 5.41) is 10.8. The zero-order valence-electron chi connectivity index (χ0n) is 9.96. The third-order valence-corrected chi connectivity index (χ3v) is 4.00. The Hall–Kier alpha value is -2.06. The first-order valence-corrected chi connectivity index (χ1v) is 7.22. The summed E-state index contributed by atoms with van der Waals surface area (Å²) in [6, 6.07) is 11.2. The first kappa shape index (κ1) is 14.4. The molecule has 0 fully saturated rings. The third-order valence-electron chi connectivity index (χ3n) is 2.38. The average Bonchev–Trinajstić information content (AvgIpc) is 2.39. The average molecular weight is 311 g/mol. The summed E-state index contributed by atoms with van der Waals surface area (Å²) in [5.74, 6) is 0.130. The molecule has 2 rings (SSSR count). The van der Waals surface area contributed by atoms with Crippen molar-refractivity contribution in [3.8, 4) is 5.75 Å². The quantitative estimate of drug-likeness (QED) is 0.406. The zero-order valence-corrected chi connectivity index (χ0v) is 11.7. The van der Waals surface area contributed by atoms with E-state index < -0.39 is 20.7 Å². The Balaban J connectivity index is 2.40. The van der Waals surface area contributed by atoms with Crippen LogP contribution >= 0.6 is 12.6 Å². The van der Waals surface area contributed by atoms with Crippen LogP contribution in [-0.4, -0.2) is 13.3 Å². The van der Waals surface area contributed by atoms with Gasteiger partial charge in [0.05, 0.1) is 9.82 Å². The highest BCUT2D eigenvalue weighted by Gasteiger charge is 2.21. The highest BCUT2D eigenvalue weighted by Crippen LogP contribution is 2.27. The molecule has 0 bridgehead atoms. The van der Waals surface area contributed by atoms with Crippen LogP contribution in [0, 0.1) is 10.1 Å². The van der Waals surface area contributed by atoms with Crippen molar-refractivity contribution in [1.29, 1.82) is 0 Å². The fourth-order valence-electron chi connectivity index (χ4n) is 1.46. The number of para-hydroxylation sites is 1. The molecule has 0 aromatic heterocycles. The van der Waals surface area contributed by atoms with E-state index in [4.69, 9.17) is 4.18 Å². The maximum atomic E-state index is 12.0. The Labute approximate surface area is 120 Å². The Morgan fingerprint density at radius 1 is 1.10 bits per heavy atom. The maximum absolute atomic E-state index is 12.0. The minimum atomic E-state index is -4.12. The minimum Gasteiger partial charge on any atom is -0.379 e. The van der Waals surface area contributed by atoms with Gasteiger partial charge in [-0.05, 0) is 24.3 Å². The fourth-order valence-corrected chi connectivity index (χ4v) is 2.63. The first-order chi connectivity index (χ1) is 9.40. The van der Waals surface area contributed by atoms with Gasteiger partial charge in [-0.15, -0.1) is 12.6 Å². The van der Waals surface area contributed by atoms with Gasteiger partial charge in [-0.1, -0.05) is 18.2 Å². The van der Waals surface area contributed by atoms with E-state index in [1.807, 2.05) is 0 Å². The molecule has 0 unspecified atom stereocenters. The number of rotatable bonds is 4. The highest BCUT2D eigenvalue weighted by molar-refractivity contribution is 7.87. The number of benzene rings is 2. The van der Waals surface area contributed by atoms with Gasteiger partial charge >= 0.3 is 10.1 Å². The third kappa shape index (κ3) is 3.09. The van der Waals surface area contributed by atoms with Crippen LogP contribution in [0.25, 0.3) is 0 Å². The zero-order chi connectivity index (χ0) is 14.8. The second kappa shape index (κ2) is 5.51. The van der Waals surface area contributed by atoms with Crippen molar-refractivity contribution in [2.24, 2.45) is 0 Å². The van der Waals surface area contributed by atoms with Crippen LogP contribution in [0.3, 0.4) is 0 Å². The van der Waals surface area contributed by atoms with Gasteiger partial charge in [0.25, 0.3) is 5.69 Å². The maximum Gasteiger partial charge on any atom is 0.339 e. The normalized spacial score (nSPS) is 11.1. The number of nitrogens with zero attached hydrogens (tertiary/aromatic N) is 1. The lowest BCUT2D eigenvalue weighted by Crippen LogP contribution is -2.10. The van der Waals surface area contributed by atoms with Crippen LogP contribution in [0.1, 0.15) is 0 Å². The van der Waals surface area contributed by atoms with Gasteiger partial charge in [0, 0.05) is 6.07 Å². The van der Waals surface area contributed by atoms with Crippen LogP contribution in [0.15, 0.2) is 58.3 Å². The second-order valence-corrected chi connectivity index (χ2v) is 5.79. The molecular weight excluding hydrogens is 302 g/mol. The van der Waals surface area contributed by atoms with Gasteiger partial charge in [0.15, 0.2) is 0 Å². The summed E-state index contributed by atoms with van der Waals surface area (Å²) in [5.41, 5.74) is -0.397. The lowest BCUT2D eigenvalue weighted by Gasteiger charge is -2.07. The molecule has 0 spiro atoms. The lowest BCUT2D eigenvalue weighted by atomic mass is 10.3. The van der Waals surface area contributed by atoms with E-state index in [0.29, 0.717) is 0 Å². The van der Waals surface area contributed by atoms with Crippen LogP contribution in [0.4, 0.5) is 5.69 Å². The van der Waals surface area contributed by atoms with Gasteiger partial charge in [0.1, 0.15) is 10.6 Å². The highest BCUT2D eigenvalue weighted by atomic mass is 32.2. The first-order valence-electron chi connectivity index (χ1n) is 5.37. The smallest absolute Gasteiger partial charge is 0.339 e. The minimum absolute atomic E-state index is 0.0775. The Kier molecular flexibility index (Phi) is 3.96. The molecule has 0 atom stereocenters. The molecule has 20 heavy (non-hydrogen) atoms. The van der Waals surface area contributed by atoms with E-state index >= 15 is 0 Å². The van der Waals surface area contributed by atoms with Gasteiger partial charge < -0.3 is 4.18 Å². The summed E-state index contributed by atoms with van der Waals surface area (Å²) in [6.07, 6.45) is 0. The molecule has 0 N–H and O–H groups in total. The standard InChI is InChI=1S/C12H9NO5S2/c14-13(15)11-8-10(6-7-12(11)19)20(16,17)18-9-4-2-1-3-5-9/h1-8,19H. The number of thiol groups is 1. The van der Waals surface area contributed by atoms with Crippen LogP contribution in [0.2, 0.25) is 0 Å². The van der Waals surface area contributed by atoms with Gasteiger partial charge in [-0.2, -0.15) is 8.42 Å². The molecule has 2 aromatic rings. The second-order valence-electron chi connectivity index (χ2n) is 3.76. The van der Waals surface area contributed by atoms with Crippen LogP contribution in [-0.2, 0) is 10.1 Å². The Bertz CT molecular complexity index is 744. The van der Waals surface area contributed by atoms with E-state index in [-0.39, 0.29) is 15.5 Å². The van der Waals surface area contributed by atoms with Crippen LogP contribution in [0.5, 0.6) is 5.75 Å². The molecule has 0 aliphatic heterocycles. The monoisotopic (exact) mass is 311 g/mol. The summed E-state index contributed by atoms with van der Waals surface area (Å²) < 4.78 is 28.9. The molecular formula is C12H9NO5S2. The van der Waals surface area contributed by atoms with Crippen molar-refractivity contribution in [3.63, 3.8) is 0 Å². The van der Waals surface area contributed by atoms with Crippen LogP contribution < -0.4 is 4.18 Å². The number of hydrogen-bond donors (Lipinski definition) is 1. The molecule has 0 amide bonds. The predicted octanol–water partition coefficient (Wildman–Crippen LogP) is 2.65. The van der Waals surface area contributed by atoms with E-state index in [0.717, 1.165) is 6.07 Å². The van der Waals surface area contributed by atoms with Crippen molar-refractivity contribution in [3.05, 3.63) is 58.6 Å². The van der Waals surface area contributed by atoms with Crippen molar-refractivity contribution >= 4 is 28.4 Å². The molecule has 104 valence electrons. The van der Waals surface area contributed by atoms with E-state index in [2.05, 4.69) is 12.6 Å². The predicted molar refractivity (Wildman–Crippen MR) is 74.6 cm³/mol.